The summed E-state index contributed by atoms with van der Waals surface area (Å²) in [4.78, 5) is 0. The van der Waals surface area contributed by atoms with Crippen molar-refractivity contribution in [3.05, 3.63) is 29.8 Å². The fraction of sp³-hybridized carbons (Fsp3) is 0.538. The van der Waals surface area contributed by atoms with Gasteiger partial charge in [0.15, 0.2) is 9.84 Å². The quantitative estimate of drug-likeness (QED) is 0.813. The second kappa shape index (κ2) is 6.75. The van der Waals surface area contributed by atoms with Crippen molar-refractivity contribution in [1.29, 1.82) is 0 Å². The van der Waals surface area contributed by atoms with Gasteiger partial charge in [-0.1, -0.05) is 12.1 Å². The SMILES string of the molecule is COc1ccc(CCS(=O)(=O)CCC(C)N)cc1. The zero-order valence-corrected chi connectivity index (χ0v) is 11.7. The lowest BCUT2D eigenvalue weighted by Gasteiger charge is -2.07. The first kappa shape index (κ1) is 15.0. The fourth-order valence-electron chi connectivity index (χ4n) is 1.53. The molecule has 0 aliphatic rings. The molecule has 1 unspecified atom stereocenters. The molecule has 0 aliphatic carbocycles. The minimum Gasteiger partial charge on any atom is -0.497 e. The van der Waals surface area contributed by atoms with Gasteiger partial charge in [0.1, 0.15) is 5.75 Å². The third-order valence-electron chi connectivity index (χ3n) is 2.74. The molecular weight excluding hydrogens is 250 g/mol. The number of sulfone groups is 1. The normalized spacial score (nSPS) is 13.3. The summed E-state index contributed by atoms with van der Waals surface area (Å²) in [7, 11) is -1.40. The summed E-state index contributed by atoms with van der Waals surface area (Å²) in [5, 5.41) is 0. The molecule has 1 rings (SSSR count). The van der Waals surface area contributed by atoms with Gasteiger partial charge in [0, 0.05) is 6.04 Å². The van der Waals surface area contributed by atoms with E-state index in [4.69, 9.17) is 10.5 Å². The average Bonchev–Trinajstić information content (AvgIpc) is 2.35. The molecular formula is C13H21NO3S. The Bertz CT molecular complexity index is 452. The lowest BCUT2D eigenvalue weighted by Crippen LogP contribution is -2.22. The molecule has 4 nitrogen and oxygen atoms in total. The highest BCUT2D eigenvalue weighted by Crippen LogP contribution is 2.12. The van der Waals surface area contributed by atoms with Crippen LogP contribution in [0, 0.1) is 0 Å². The average molecular weight is 271 g/mol. The van der Waals surface area contributed by atoms with Crippen molar-refractivity contribution in [2.24, 2.45) is 5.73 Å². The minimum absolute atomic E-state index is 0.0687. The lowest BCUT2D eigenvalue weighted by atomic mass is 10.2. The van der Waals surface area contributed by atoms with E-state index in [1.54, 1.807) is 7.11 Å². The van der Waals surface area contributed by atoms with Crippen LogP contribution in [-0.4, -0.2) is 33.1 Å². The van der Waals surface area contributed by atoms with Crippen LogP contribution < -0.4 is 10.5 Å². The highest BCUT2D eigenvalue weighted by molar-refractivity contribution is 7.91. The maximum absolute atomic E-state index is 11.8. The number of methoxy groups -OCH3 is 1. The Kier molecular flexibility index (Phi) is 5.62. The van der Waals surface area contributed by atoms with Gasteiger partial charge in [0.25, 0.3) is 0 Å². The standard InChI is InChI=1S/C13H21NO3S/c1-11(14)7-9-18(15,16)10-8-12-3-5-13(17-2)6-4-12/h3-6,11H,7-10,14H2,1-2H3. The minimum atomic E-state index is -3.00. The Labute approximate surface area is 109 Å². The van der Waals surface area contributed by atoms with Crippen LogP contribution in [0.4, 0.5) is 0 Å². The largest absolute Gasteiger partial charge is 0.497 e. The summed E-state index contributed by atoms with van der Waals surface area (Å²) in [5.41, 5.74) is 6.56. The highest BCUT2D eigenvalue weighted by atomic mass is 32.2. The van der Waals surface area contributed by atoms with Crippen molar-refractivity contribution in [3.8, 4) is 5.75 Å². The van der Waals surface area contributed by atoms with Crippen molar-refractivity contribution < 1.29 is 13.2 Å². The van der Waals surface area contributed by atoms with Gasteiger partial charge in [-0.3, -0.25) is 0 Å². The van der Waals surface area contributed by atoms with Crippen LogP contribution in [0.2, 0.25) is 0 Å². The third kappa shape index (κ3) is 5.51. The van der Waals surface area contributed by atoms with E-state index in [-0.39, 0.29) is 17.5 Å². The summed E-state index contributed by atoms with van der Waals surface area (Å²) in [5.74, 6) is 1.12. The molecule has 18 heavy (non-hydrogen) atoms. The number of hydrogen-bond donors (Lipinski definition) is 1. The molecule has 0 saturated heterocycles. The van der Waals surface area contributed by atoms with Gasteiger partial charge in [-0.2, -0.15) is 0 Å². The van der Waals surface area contributed by atoms with Crippen LogP contribution in [0.3, 0.4) is 0 Å². The molecule has 0 saturated carbocycles. The summed E-state index contributed by atoms with van der Waals surface area (Å²) in [6.45, 7) is 1.82. The first-order valence-electron chi connectivity index (χ1n) is 6.02. The molecule has 0 fully saturated rings. The highest BCUT2D eigenvalue weighted by Gasteiger charge is 2.12. The molecule has 2 N–H and O–H groups in total. The molecule has 0 aliphatic heterocycles. The number of benzene rings is 1. The van der Waals surface area contributed by atoms with E-state index in [2.05, 4.69) is 0 Å². The third-order valence-corrected chi connectivity index (χ3v) is 4.43. The van der Waals surface area contributed by atoms with Crippen molar-refractivity contribution in [2.45, 2.75) is 25.8 Å². The van der Waals surface area contributed by atoms with Crippen LogP contribution in [0.15, 0.2) is 24.3 Å². The van der Waals surface area contributed by atoms with Gasteiger partial charge >= 0.3 is 0 Å². The van der Waals surface area contributed by atoms with E-state index in [9.17, 15) is 8.42 Å². The molecule has 102 valence electrons. The molecule has 1 aromatic carbocycles. The van der Waals surface area contributed by atoms with E-state index < -0.39 is 9.84 Å². The molecule has 0 bridgehead atoms. The van der Waals surface area contributed by atoms with Gasteiger partial charge in [-0.25, -0.2) is 8.42 Å². The number of nitrogens with two attached hydrogens (primary N) is 1. The zero-order chi connectivity index (χ0) is 13.6. The van der Waals surface area contributed by atoms with E-state index in [1.807, 2.05) is 31.2 Å². The van der Waals surface area contributed by atoms with Crippen LogP contribution >= 0.6 is 0 Å². The molecule has 5 heteroatoms. The Hall–Kier alpha value is -1.07. The Morgan fingerprint density at radius 2 is 1.83 bits per heavy atom. The van der Waals surface area contributed by atoms with Crippen molar-refractivity contribution in [2.75, 3.05) is 18.6 Å². The molecule has 0 spiro atoms. The van der Waals surface area contributed by atoms with Crippen LogP contribution in [0.25, 0.3) is 0 Å². The molecule has 1 atom stereocenters. The van der Waals surface area contributed by atoms with E-state index in [1.165, 1.54) is 0 Å². The summed E-state index contributed by atoms with van der Waals surface area (Å²) in [6.07, 6.45) is 1.05. The van der Waals surface area contributed by atoms with E-state index >= 15 is 0 Å². The second-order valence-corrected chi connectivity index (χ2v) is 6.82. The predicted molar refractivity (Wildman–Crippen MR) is 73.6 cm³/mol. The maximum atomic E-state index is 11.8. The number of rotatable bonds is 7. The van der Waals surface area contributed by atoms with Crippen LogP contribution in [-0.2, 0) is 16.3 Å². The van der Waals surface area contributed by atoms with Crippen molar-refractivity contribution >= 4 is 9.84 Å². The molecule has 0 radical (unpaired) electrons. The number of hydrogen-bond acceptors (Lipinski definition) is 4. The van der Waals surface area contributed by atoms with Crippen molar-refractivity contribution in [1.82, 2.24) is 0 Å². The summed E-state index contributed by atoms with van der Waals surface area (Å²) >= 11 is 0. The first-order valence-corrected chi connectivity index (χ1v) is 7.84. The monoisotopic (exact) mass is 271 g/mol. The first-order chi connectivity index (χ1) is 8.43. The van der Waals surface area contributed by atoms with Crippen LogP contribution in [0.5, 0.6) is 5.75 Å². The lowest BCUT2D eigenvalue weighted by molar-refractivity contribution is 0.414. The molecule has 0 aromatic heterocycles. The van der Waals surface area contributed by atoms with Gasteiger partial charge in [0.05, 0.1) is 18.6 Å². The maximum Gasteiger partial charge on any atom is 0.150 e. The summed E-state index contributed by atoms with van der Waals surface area (Å²) in [6, 6.07) is 7.38. The van der Waals surface area contributed by atoms with Crippen molar-refractivity contribution in [3.63, 3.8) is 0 Å². The Morgan fingerprint density at radius 3 is 2.33 bits per heavy atom. The number of ether oxygens (including phenoxy) is 1. The predicted octanol–water partition coefficient (Wildman–Crippen LogP) is 1.39. The Morgan fingerprint density at radius 1 is 1.22 bits per heavy atom. The molecule has 1 aromatic rings. The molecule has 0 amide bonds. The smallest absolute Gasteiger partial charge is 0.150 e. The molecule has 0 heterocycles. The zero-order valence-electron chi connectivity index (χ0n) is 10.9. The topological polar surface area (TPSA) is 69.4 Å². The summed E-state index contributed by atoms with van der Waals surface area (Å²) < 4.78 is 28.5. The van der Waals surface area contributed by atoms with Gasteiger partial charge in [-0.05, 0) is 37.5 Å². The van der Waals surface area contributed by atoms with Gasteiger partial charge in [-0.15, -0.1) is 0 Å². The van der Waals surface area contributed by atoms with Gasteiger partial charge in [0.2, 0.25) is 0 Å². The van der Waals surface area contributed by atoms with E-state index in [0.717, 1.165) is 11.3 Å². The Balaban J connectivity index is 2.48. The number of aryl methyl sites for hydroxylation is 1. The van der Waals surface area contributed by atoms with Crippen LogP contribution in [0.1, 0.15) is 18.9 Å². The fourth-order valence-corrected chi connectivity index (χ4v) is 3.01. The van der Waals surface area contributed by atoms with E-state index in [0.29, 0.717) is 12.8 Å². The van der Waals surface area contributed by atoms with Gasteiger partial charge < -0.3 is 10.5 Å². The second-order valence-electron chi connectivity index (χ2n) is 4.52.